The van der Waals surface area contributed by atoms with Gasteiger partial charge in [-0.05, 0) is 31.0 Å². The summed E-state index contributed by atoms with van der Waals surface area (Å²) < 4.78 is 13.4. The summed E-state index contributed by atoms with van der Waals surface area (Å²) in [6.07, 6.45) is 1.51. The molecule has 1 saturated carbocycles. The molecule has 1 aromatic carbocycles. The summed E-state index contributed by atoms with van der Waals surface area (Å²) in [5.74, 6) is -0.758. The lowest BCUT2D eigenvalue weighted by Crippen LogP contribution is -2.26. The molecule has 0 atom stereocenters. The number of benzene rings is 1. The van der Waals surface area contributed by atoms with Gasteiger partial charge in [0.2, 0.25) is 0 Å². The van der Waals surface area contributed by atoms with Crippen LogP contribution in [0.5, 0.6) is 0 Å². The van der Waals surface area contributed by atoms with Gasteiger partial charge in [0, 0.05) is 17.0 Å². The molecule has 0 bridgehead atoms. The molecule has 1 aliphatic carbocycles. The SMILES string of the molecule is NCC1(C(=O)c2ccc(Cl)cc2F)CC1. The number of rotatable bonds is 3. The Kier molecular flexibility index (Phi) is 2.52. The number of hydrogen-bond donors (Lipinski definition) is 1. The Bertz CT molecular complexity index is 415. The molecule has 0 amide bonds. The van der Waals surface area contributed by atoms with Crippen LogP contribution in [-0.4, -0.2) is 12.3 Å². The second-order valence-corrected chi connectivity index (χ2v) is 4.37. The first kappa shape index (κ1) is 10.6. The Hall–Kier alpha value is -0.930. The van der Waals surface area contributed by atoms with E-state index in [4.69, 9.17) is 17.3 Å². The van der Waals surface area contributed by atoms with Crippen molar-refractivity contribution in [1.82, 2.24) is 0 Å². The van der Waals surface area contributed by atoms with Crippen LogP contribution in [0, 0.1) is 11.2 Å². The number of hydrogen-bond acceptors (Lipinski definition) is 2. The Labute approximate surface area is 92.2 Å². The third-order valence-corrected chi connectivity index (χ3v) is 3.14. The Morgan fingerprint density at radius 1 is 1.53 bits per heavy atom. The Morgan fingerprint density at radius 3 is 2.67 bits per heavy atom. The molecule has 0 aromatic heterocycles. The largest absolute Gasteiger partial charge is 0.329 e. The zero-order valence-corrected chi connectivity index (χ0v) is 8.85. The molecule has 0 radical (unpaired) electrons. The maximum atomic E-state index is 13.4. The van der Waals surface area contributed by atoms with Crippen molar-refractivity contribution in [1.29, 1.82) is 0 Å². The van der Waals surface area contributed by atoms with Gasteiger partial charge in [0.1, 0.15) is 5.82 Å². The highest BCUT2D eigenvalue weighted by Gasteiger charge is 2.49. The van der Waals surface area contributed by atoms with Crippen molar-refractivity contribution in [2.75, 3.05) is 6.54 Å². The van der Waals surface area contributed by atoms with E-state index >= 15 is 0 Å². The average molecular weight is 228 g/mol. The number of ketones is 1. The monoisotopic (exact) mass is 227 g/mol. The van der Waals surface area contributed by atoms with Crippen molar-refractivity contribution in [3.05, 3.63) is 34.6 Å². The van der Waals surface area contributed by atoms with Crippen molar-refractivity contribution < 1.29 is 9.18 Å². The normalized spacial score (nSPS) is 17.5. The topological polar surface area (TPSA) is 43.1 Å². The molecule has 4 heteroatoms. The molecule has 0 saturated heterocycles. The van der Waals surface area contributed by atoms with Crippen molar-refractivity contribution in [2.45, 2.75) is 12.8 Å². The van der Waals surface area contributed by atoms with Gasteiger partial charge in [0.25, 0.3) is 0 Å². The van der Waals surface area contributed by atoms with E-state index in [0.29, 0.717) is 5.02 Å². The fourth-order valence-electron chi connectivity index (χ4n) is 1.63. The van der Waals surface area contributed by atoms with Crippen LogP contribution in [0.2, 0.25) is 5.02 Å². The molecule has 0 unspecified atom stereocenters. The van der Waals surface area contributed by atoms with Gasteiger partial charge in [0.15, 0.2) is 5.78 Å². The Balaban J connectivity index is 2.34. The summed E-state index contributed by atoms with van der Waals surface area (Å²) in [6.45, 7) is 0.286. The zero-order valence-electron chi connectivity index (χ0n) is 8.09. The lowest BCUT2D eigenvalue weighted by molar-refractivity contribution is 0.0901. The second-order valence-electron chi connectivity index (χ2n) is 3.94. The van der Waals surface area contributed by atoms with E-state index in [9.17, 15) is 9.18 Å². The van der Waals surface area contributed by atoms with Gasteiger partial charge in [-0.15, -0.1) is 0 Å². The first-order valence-electron chi connectivity index (χ1n) is 4.79. The lowest BCUT2D eigenvalue weighted by atomic mass is 9.94. The van der Waals surface area contributed by atoms with Crippen LogP contribution in [0.3, 0.4) is 0 Å². The van der Waals surface area contributed by atoms with Gasteiger partial charge < -0.3 is 5.73 Å². The predicted octanol–water partition coefficient (Wildman–Crippen LogP) is 2.40. The van der Waals surface area contributed by atoms with E-state index in [-0.39, 0.29) is 17.9 Å². The molecule has 15 heavy (non-hydrogen) atoms. The summed E-state index contributed by atoms with van der Waals surface area (Å²) in [4.78, 5) is 11.9. The van der Waals surface area contributed by atoms with Gasteiger partial charge in [-0.2, -0.15) is 0 Å². The molecule has 1 fully saturated rings. The standard InChI is InChI=1S/C11H11ClFNO/c12-7-1-2-8(9(13)5-7)10(15)11(6-14)3-4-11/h1-2,5H,3-4,6,14H2. The van der Waals surface area contributed by atoms with Crippen LogP contribution in [0.4, 0.5) is 4.39 Å². The molecule has 1 aliphatic rings. The van der Waals surface area contributed by atoms with Gasteiger partial charge in [-0.3, -0.25) is 4.79 Å². The van der Waals surface area contributed by atoms with Crippen LogP contribution in [0.25, 0.3) is 0 Å². The molecule has 0 spiro atoms. The summed E-state index contributed by atoms with van der Waals surface area (Å²) in [5, 5.41) is 0.293. The summed E-state index contributed by atoms with van der Waals surface area (Å²) in [6, 6.07) is 4.10. The van der Waals surface area contributed by atoms with E-state index in [0.717, 1.165) is 18.9 Å². The van der Waals surface area contributed by atoms with Gasteiger partial charge in [0.05, 0.1) is 5.56 Å². The Morgan fingerprint density at radius 2 is 2.20 bits per heavy atom. The third kappa shape index (κ3) is 1.77. The highest BCUT2D eigenvalue weighted by molar-refractivity contribution is 6.30. The molecule has 2 N–H and O–H groups in total. The fourth-order valence-corrected chi connectivity index (χ4v) is 1.79. The van der Waals surface area contributed by atoms with E-state index in [1.165, 1.54) is 12.1 Å². The van der Waals surface area contributed by atoms with Crippen LogP contribution in [0.1, 0.15) is 23.2 Å². The van der Waals surface area contributed by atoms with Crippen molar-refractivity contribution in [3.8, 4) is 0 Å². The molecule has 2 rings (SSSR count). The van der Waals surface area contributed by atoms with Crippen LogP contribution >= 0.6 is 11.6 Å². The quantitative estimate of drug-likeness (QED) is 0.806. The molecule has 1 aromatic rings. The zero-order chi connectivity index (χ0) is 11.1. The second kappa shape index (κ2) is 3.58. The smallest absolute Gasteiger partial charge is 0.173 e. The number of carbonyl (C=O) groups excluding carboxylic acids is 1. The summed E-state index contributed by atoms with van der Waals surface area (Å²) in [5.41, 5.74) is 5.11. The minimum Gasteiger partial charge on any atom is -0.329 e. The van der Waals surface area contributed by atoms with Gasteiger partial charge >= 0.3 is 0 Å². The van der Waals surface area contributed by atoms with E-state index < -0.39 is 11.2 Å². The maximum Gasteiger partial charge on any atom is 0.173 e. The highest BCUT2D eigenvalue weighted by atomic mass is 35.5. The molecule has 0 heterocycles. The van der Waals surface area contributed by atoms with Crippen LogP contribution in [-0.2, 0) is 0 Å². The molecule has 80 valence electrons. The van der Waals surface area contributed by atoms with Gasteiger partial charge in [-0.1, -0.05) is 11.6 Å². The van der Waals surface area contributed by atoms with E-state index in [1.807, 2.05) is 0 Å². The van der Waals surface area contributed by atoms with Gasteiger partial charge in [-0.25, -0.2) is 4.39 Å². The highest BCUT2D eigenvalue weighted by Crippen LogP contribution is 2.47. The fraction of sp³-hybridized carbons (Fsp3) is 0.364. The number of nitrogens with two attached hydrogens (primary N) is 1. The number of carbonyl (C=O) groups is 1. The molecular formula is C11H11ClFNO. The average Bonchev–Trinajstić information content (AvgIpc) is 2.97. The third-order valence-electron chi connectivity index (χ3n) is 2.90. The first-order valence-corrected chi connectivity index (χ1v) is 5.17. The van der Waals surface area contributed by atoms with E-state index in [2.05, 4.69) is 0 Å². The predicted molar refractivity (Wildman–Crippen MR) is 56.5 cm³/mol. The maximum absolute atomic E-state index is 13.4. The van der Waals surface area contributed by atoms with Crippen molar-refractivity contribution in [3.63, 3.8) is 0 Å². The van der Waals surface area contributed by atoms with E-state index in [1.54, 1.807) is 0 Å². The minimum absolute atomic E-state index is 0.0994. The van der Waals surface area contributed by atoms with Crippen molar-refractivity contribution in [2.24, 2.45) is 11.1 Å². The molecule has 0 aliphatic heterocycles. The van der Waals surface area contributed by atoms with Crippen LogP contribution < -0.4 is 5.73 Å². The number of Topliss-reactive ketones (excluding diaryl/α,β-unsaturated/α-hetero) is 1. The number of halogens is 2. The molecular weight excluding hydrogens is 217 g/mol. The van der Waals surface area contributed by atoms with Crippen LogP contribution in [0.15, 0.2) is 18.2 Å². The lowest BCUT2D eigenvalue weighted by Gasteiger charge is -2.11. The summed E-state index contributed by atoms with van der Waals surface area (Å²) in [7, 11) is 0. The van der Waals surface area contributed by atoms with Crippen molar-refractivity contribution >= 4 is 17.4 Å². The summed E-state index contributed by atoms with van der Waals surface area (Å²) >= 11 is 5.61. The first-order chi connectivity index (χ1) is 7.09. The molecule has 2 nitrogen and oxygen atoms in total. The minimum atomic E-state index is -0.563.